The molecule has 0 unspecified atom stereocenters. The van der Waals surface area contributed by atoms with Crippen LogP contribution in [0.25, 0.3) is 0 Å². The van der Waals surface area contributed by atoms with Gasteiger partial charge < -0.3 is 19.5 Å². The molecule has 26 heavy (non-hydrogen) atoms. The molecule has 140 valence electrons. The first-order valence-electron chi connectivity index (χ1n) is 9.48. The van der Waals surface area contributed by atoms with Crippen LogP contribution in [0.2, 0.25) is 0 Å². The van der Waals surface area contributed by atoms with Gasteiger partial charge in [0.25, 0.3) is 0 Å². The lowest BCUT2D eigenvalue weighted by molar-refractivity contribution is 0.239. The summed E-state index contributed by atoms with van der Waals surface area (Å²) >= 11 is 0. The SMILES string of the molecule is COc1cccc(C)c1OCCCOc1ccc(C2CCNCC2)cc1. The summed E-state index contributed by atoms with van der Waals surface area (Å²) in [5.41, 5.74) is 2.51. The molecule has 1 aliphatic rings. The van der Waals surface area contributed by atoms with Crippen molar-refractivity contribution in [2.24, 2.45) is 0 Å². The van der Waals surface area contributed by atoms with E-state index >= 15 is 0 Å². The van der Waals surface area contributed by atoms with Crippen LogP contribution >= 0.6 is 0 Å². The molecule has 0 atom stereocenters. The summed E-state index contributed by atoms with van der Waals surface area (Å²) in [5.74, 6) is 3.21. The number of benzene rings is 2. The Morgan fingerprint density at radius 3 is 2.42 bits per heavy atom. The van der Waals surface area contributed by atoms with Gasteiger partial charge in [-0.1, -0.05) is 24.3 Å². The van der Waals surface area contributed by atoms with E-state index in [0.29, 0.717) is 19.1 Å². The number of para-hydroxylation sites is 1. The van der Waals surface area contributed by atoms with Crippen LogP contribution in [0.3, 0.4) is 0 Å². The maximum Gasteiger partial charge on any atom is 0.164 e. The first-order chi connectivity index (χ1) is 12.8. The summed E-state index contributed by atoms with van der Waals surface area (Å²) in [6, 6.07) is 14.5. The molecule has 4 heteroatoms. The van der Waals surface area contributed by atoms with E-state index in [1.54, 1.807) is 7.11 Å². The molecular formula is C22H29NO3. The third-order valence-corrected chi connectivity index (χ3v) is 4.89. The number of hydrogen-bond donors (Lipinski definition) is 1. The van der Waals surface area contributed by atoms with Crippen LogP contribution in [0, 0.1) is 6.92 Å². The highest BCUT2D eigenvalue weighted by Gasteiger charge is 2.14. The molecule has 1 heterocycles. The van der Waals surface area contributed by atoms with Crippen molar-refractivity contribution in [3.05, 3.63) is 53.6 Å². The van der Waals surface area contributed by atoms with E-state index in [1.165, 1.54) is 18.4 Å². The summed E-state index contributed by atoms with van der Waals surface area (Å²) in [6.07, 6.45) is 3.27. The lowest BCUT2D eigenvalue weighted by atomic mass is 9.90. The van der Waals surface area contributed by atoms with Gasteiger partial charge in [0.2, 0.25) is 0 Å². The topological polar surface area (TPSA) is 39.7 Å². The zero-order valence-corrected chi connectivity index (χ0v) is 15.8. The molecule has 2 aromatic carbocycles. The van der Waals surface area contributed by atoms with Crippen LogP contribution in [0.15, 0.2) is 42.5 Å². The predicted molar refractivity (Wildman–Crippen MR) is 105 cm³/mol. The number of methoxy groups -OCH3 is 1. The van der Waals surface area contributed by atoms with Crippen LogP contribution < -0.4 is 19.5 Å². The number of rotatable bonds is 8. The van der Waals surface area contributed by atoms with E-state index in [2.05, 4.69) is 29.6 Å². The Labute approximate surface area is 156 Å². The average molecular weight is 355 g/mol. The van der Waals surface area contributed by atoms with Gasteiger partial charge in [-0.25, -0.2) is 0 Å². The largest absolute Gasteiger partial charge is 0.493 e. The predicted octanol–water partition coefficient (Wildman–Crippen LogP) is 4.32. The van der Waals surface area contributed by atoms with E-state index < -0.39 is 0 Å². The Bertz CT molecular complexity index is 678. The summed E-state index contributed by atoms with van der Waals surface area (Å²) in [6.45, 7) is 5.51. The number of nitrogens with one attached hydrogen (secondary N) is 1. The molecule has 1 saturated heterocycles. The second-order valence-electron chi connectivity index (χ2n) is 6.75. The molecule has 1 aliphatic heterocycles. The van der Waals surface area contributed by atoms with Gasteiger partial charge in [0.15, 0.2) is 11.5 Å². The molecule has 0 bridgehead atoms. The number of ether oxygens (including phenoxy) is 3. The second kappa shape index (κ2) is 9.48. The van der Waals surface area contributed by atoms with Crippen LogP contribution in [0.1, 0.15) is 36.3 Å². The Morgan fingerprint density at radius 1 is 0.962 bits per heavy atom. The Morgan fingerprint density at radius 2 is 1.69 bits per heavy atom. The lowest BCUT2D eigenvalue weighted by Gasteiger charge is -2.23. The molecular weight excluding hydrogens is 326 g/mol. The van der Waals surface area contributed by atoms with Crippen molar-refractivity contribution in [2.75, 3.05) is 33.4 Å². The van der Waals surface area contributed by atoms with Crippen LogP contribution in [0.5, 0.6) is 17.2 Å². The smallest absolute Gasteiger partial charge is 0.164 e. The first-order valence-corrected chi connectivity index (χ1v) is 9.48. The van der Waals surface area contributed by atoms with Crippen molar-refractivity contribution in [2.45, 2.75) is 32.1 Å². The third kappa shape index (κ3) is 4.92. The highest BCUT2D eigenvalue weighted by Crippen LogP contribution is 2.30. The summed E-state index contributed by atoms with van der Waals surface area (Å²) in [7, 11) is 1.66. The van der Waals surface area contributed by atoms with Crippen LogP contribution in [-0.2, 0) is 0 Å². The van der Waals surface area contributed by atoms with Crippen molar-refractivity contribution in [3.63, 3.8) is 0 Å². The summed E-state index contributed by atoms with van der Waals surface area (Å²) in [5, 5.41) is 3.41. The normalized spacial score (nSPS) is 14.8. The van der Waals surface area contributed by atoms with E-state index in [0.717, 1.165) is 42.3 Å². The van der Waals surface area contributed by atoms with Crippen molar-refractivity contribution in [1.82, 2.24) is 5.32 Å². The maximum atomic E-state index is 5.88. The number of hydrogen-bond acceptors (Lipinski definition) is 4. The standard InChI is InChI=1S/C22H29NO3/c1-17-5-3-6-21(24-2)22(17)26-16-4-15-25-20-9-7-18(8-10-20)19-11-13-23-14-12-19/h3,5-10,19,23H,4,11-16H2,1-2H3. The fourth-order valence-corrected chi connectivity index (χ4v) is 3.39. The second-order valence-corrected chi connectivity index (χ2v) is 6.75. The Kier molecular flexibility index (Phi) is 6.78. The number of piperidine rings is 1. The van der Waals surface area contributed by atoms with Gasteiger partial charge in [0.05, 0.1) is 20.3 Å². The molecule has 0 amide bonds. The third-order valence-electron chi connectivity index (χ3n) is 4.89. The van der Waals surface area contributed by atoms with Crippen molar-refractivity contribution in [1.29, 1.82) is 0 Å². The first kappa shape index (κ1) is 18.6. The molecule has 3 rings (SSSR count). The van der Waals surface area contributed by atoms with Crippen molar-refractivity contribution < 1.29 is 14.2 Å². The van der Waals surface area contributed by atoms with Crippen molar-refractivity contribution >= 4 is 0 Å². The molecule has 1 fully saturated rings. The fourth-order valence-electron chi connectivity index (χ4n) is 3.39. The highest BCUT2D eigenvalue weighted by atomic mass is 16.5. The van der Waals surface area contributed by atoms with E-state index in [9.17, 15) is 0 Å². The summed E-state index contributed by atoms with van der Waals surface area (Å²) < 4.78 is 17.1. The van der Waals surface area contributed by atoms with Gasteiger partial charge in [-0.15, -0.1) is 0 Å². The lowest BCUT2D eigenvalue weighted by Crippen LogP contribution is -2.26. The summed E-state index contributed by atoms with van der Waals surface area (Å²) in [4.78, 5) is 0. The van der Waals surface area contributed by atoms with Gasteiger partial charge in [0.1, 0.15) is 5.75 Å². The molecule has 0 spiro atoms. The minimum atomic E-state index is 0.606. The molecule has 2 aromatic rings. The van der Waals surface area contributed by atoms with Gasteiger partial charge in [-0.3, -0.25) is 0 Å². The van der Waals surface area contributed by atoms with Gasteiger partial charge in [-0.05, 0) is 68.1 Å². The zero-order chi connectivity index (χ0) is 18.2. The molecule has 0 aromatic heterocycles. The highest BCUT2D eigenvalue weighted by molar-refractivity contribution is 5.45. The van der Waals surface area contributed by atoms with E-state index in [-0.39, 0.29) is 0 Å². The van der Waals surface area contributed by atoms with Crippen molar-refractivity contribution in [3.8, 4) is 17.2 Å². The van der Waals surface area contributed by atoms with Gasteiger partial charge >= 0.3 is 0 Å². The Balaban J connectivity index is 1.41. The molecule has 4 nitrogen and oxygen atoms in total. The molecule has 0 aliphatic carbocycles. The molecule has 1 N–H and O–H groups in total. The minimum Gasteiger partial charge on any atom is -0.493 e. The monoisotopic (exact) mass is 355 g/mol. The van der Waals surface area contributed by atoms with Crippen LogP contribution in [0.4, 0.5) is 0 Å². The quantitative estimate of drug-likeness (QED) is 0.716. The van der Waals surface area contributed by atoms with E-state index in [1.807, 2.05) is 25.1 Å². The molecule has 0 radical (unpaired) electrons. The maximum absolute atomic E-state index is 5.88. The Hall–Kier alpha value is -2.20. The van der Waals surface area contributed by atoms with Crippen LogP contribution in [-0.4, -0.2) is 33.4 Å². The van der Waals surface area contributed by atoms with Gasteiger partial charge in [0, 0.05) is 6.42 Å². The zero-order valence-electron chi connectivity index (χ0n) is 15.8. The minimum absolute atomic E-state index is 0.606. The average Bonchev–Trinajstić information content (AvgIpc) is 2.70. The number of aryl methyl sites for hydroxylation is 1. The fraction of sp³-hybridized carbons (Fsp3) is 0.455. The van der Waals surface area contributed by atoms with E-state index in [4.69, 9.17) is 14.2 Å². The molecule has 0 saturated carbocycles. The van der Waals surface area contributed by atoms with Gasteiger partial charge in [-0.2, -0.15) is 0 Å².